The third-order valence-electron chi connectivity index (χ3n) is 6.84. The summed E-state index contributed by atoms with van der Waals surface area (Å²) in [5, 5.41) is 3.86. The van der Waals surface area contributed by atoms with E-state index in [4.69, 9.17) is 4.74 Å². The normalized spacial score (nSPS) is 14.9. The minimum absolute atomic E-state index is 0.162. The molecule has 0 aliphatic carbocycles. The molecular weight excluding hydrogens is 500 g/mol. The molecule has 1 amide bonds. The van der Waals surface area contributed by atoms with Crippen LogP contribution in [-0.4, -0.2) is 51.7 Å². The van der Waals surface area contributed by atoms with Crippen molar-refractivity contribution >= 4 is 38.2 Å². The maximum absolute atomic E-state index is 13.5. The Morgan fingerprint density at radius 1 is 1.03 bits per heavy atom. The number of aromatic amines is 1. The van der Waals surface area contributed by atoms with Crippen LogP contribution in [0.4, 0.5) is 11.4 Å². The Kier molecular flexibility index (Phi) is 7.51. The highest BCUT2D eigenvalue weighted by molar-refractivity contribution is 7.89. The van der Waals surface area contributed by atoms with E-state index in [1.165, 1.54) is 0 Å². The summed E-state index contributed by atoms with van der Waals surface area (Å²) in [5.74, 6) is -0.428. The third kappa shape index (κ3) is 5.75. The van der Waals surface area contributed by atoms with Crippen LogP contribution in [0.25, 0.3) is 10.9 Å². The van der Waals surface area contributed by atoms with Crippen LogP contribution in [0, 0.1) is 13.8 Å². The standard InChI is InChI=1S/C29H32N4O4S/c1-20-7-12-28(21(2)17-20)38(35,36)32-27(18-22-19-30-26-6-4-3-5-25(22)26)29(34)31-23-8-10-24(11-9-23)33-13-15-37-16-14-33/h3-12,17,19,27,30,32H,13-16,18H2,1-2H3,(H,31,34)/t27-/m0/s1. The molecule has 0 bridgehead atoms. The molecule has 1 atom stereocenters. The number of H-pyrrole nitrogens is 1. The first-order valence-electron chi connectivity index (χ1n) is 12.7. The van der Waals surface area contributed by atoms with Gasteiger partial charge in [-0.3, -0.25) is 4.79 Å². The fourth-order valence-electron chi connectivity index (χ4n) is 4.87. The number of para-hydroxylation sites is 1. The maximum atomic E-state index is 13.5. The van der Waals surface area contributed by atoms with Crippen molar-refractivity contribution in [3.05, 3.63) is 89.6 Å². The summed E-state index contributed by atoms with van der Waals surface area (Å²) < 4.78 is 35.0. The zero-order valence-corrected chi connectivity index (χ0v) is 22.3. The van der Waals surface area contributed by atoms with E-state index >= 15 is 0 Å². The van der Waals surface area contributed by atoms with Crippen molar-refractivity contribution in [3.8, 4) is 0 Å². The van der Waals surface area contributed by atoms with Gasteiger partial charge in [0.15, 0.2) is 0 Å². The van der Waals surface area contributed by atoms with E-state index in [9.17, 15) is 13.2 Å². The number of rotatable bonds is 8. The third-order valence-corrected chi connectivity index (χ3v) is 8.48. The predicted octanol–water partition coefficient (Wildman–Crippen LogP) is 4.15. The number of ether oxygens (including phenoxy) is 1. The smallest absolute Gasteiger partial charge is 0.242 e. The summed E-state index contributed by atoms with van der Waals surface area (Å²) >= 11 is 0. The number of hydrogen-bond donors (Lipinski definition) is 3. The van der Waals surface area contributed by atoms with Crippen LogP contribution in [0.1, 0.15) is 16.7 Å². The largest absolute Gasteiger partial charge is 0.378 e. The molecule has 38 heavy (non-hydrogen) atoms. The van der Waals surface area contributed by atoms with E-state index in [1.54, 1.807) is 19.1 Å². The summed E-state index contributed by atoms with van der Waals surface area (Å²) in [6.07, 6.45) is 2.01. The van der Waals surface area contributed by atoms with Crippen LogP contribution >= 0.6 is 0 Å². The lowest BCUT2D eigenvalue weighted by Crippen LogP contribution is -2.45. The van der Waals surface area contributed by atoms with Gasteiger partial charge in [0.1, 0.15) is 6.04 Å². The first kappa shape index (κ1) is 26.0. The molecule has 0 saturated carbocycles. The second-order valence-corrected chi connectivity index (χ2v) is 11.3. The van der Waals surface area contributed by atoms with E-state index < -0.39 is 22.0 Å². The number of benzene rings is 3. The fraction of sp³-hybridized carbons (Fsp3) is 0.276. The molecule has 1 aliphatic rings. The summed E-state index contributed by atoms with van der Waals surface area (Å²) in [6, 6.07) is 19.5. The quantitative estimate of drug-likeness (QED) is 0.316. The molecule has 0 unspecified atom stereocenters. The molecular formula is C29H32N4O4S. The Morgan fingerprint density at radius 3 is 2.50 bits per heavy atom. The Labute approximate surface area is 223 Å². The number of morpholine rings is 1. The topological polar surface area (TPSA) is 104 Å². The summed E-state index contributed by atoms with van der Waals surface area (Å²) in [4.78, 5) is 19.1. The monoisotopic (exact) mass is 532 g/mol. The van der Waals surface area contributed by atoms with E-state index in [1.807, 2.05) is 67.7 Å². The highest BCUT2D eigenvalue weighted by Gasteiger charge is 2.28. The number of fused-ring (bicyclic) bond motifs is 1. The van der Waals surface area contributed by atoms with Crippen LogP contribution < -0.4 is 14.9 Å². The molecule has 8 nitrogen and oxygen atoms in total. The Hall–Kier alpha value is -3.66. The summed E-state index contributed by atoms with van der Waals surface area (Å²) in [5.41, 5.74) is 5.03. The van der Waals surface area contributed by atoms with Crippen molar-refractivity contribution in [1.82, 2.24) is 9.71 Å². The number of amides is 1. The maximum Gasteiger partial charge on any atom is 0.242 e. The predicted molar refractivity (Wildman–Crippen MR) is 150 cm³/mol. The van der Waals surface area contributed by atoms with Gasteiger partial charge in [0.25, 0.3) is 0 Å². The van der Waals surface area contributed by atoms with E-state index in [2.05, 4.69) is 19.9 Å². The molecule has 1 fully saturated rings. The van der Waals surface area contributed by atoms with Crippen molar-refractivity contribution < 1.29 is 17.9 Å². The number of nitrogens with one attached hydrogen (secondary N) is 3. The van der Waals surface area contributed by atoms with Gasteiger partial charge in [-0.1, -0.05) is 35.9 Å². The molecule has 1 aliphatic heterocycles. The average Bonchev–Trinajstić information content (AvgIpc) is 3.31. The van der Waals surface area contributed by atoms with Crippen molar-refractivity contribution in [1.29, 1.82) is 0 Å². The number of carbonyl (C=O) groups is 1. The van der Waals surface area contributed by atoms with Crippen molar-refractivity contribution in [3.63, 3.8) is 0 Å². The van der Waals surface area contributed by atoms with Crippen LogP contribution in [0.2, 0.25) is 0 Å². The lowest BCUT2D eigenvalue weighted by molar-refractivity contribution is -0.117. The minimum atomic E-state index is -3.96. The molecule has 4 aromatic rings. The number of carbonyl (C=O) groups excluding carboxylic acids is 1. The minimum Gasteiger partial charge on any atom is -0.378 e. The number of aryl methyl sites for hydroxylation is 2. The molecule has 198 valence electrons. The molecule has 3 N–H and O–H groups in total. The highest BCUT2D eigenvalue weighted by atomic mass is 32.2. The van der Waals surface area contributed by atoms with Crippen LogP contribution in [0.3, 0.4) is 0 Å². The molecule has 1 aromatic heterocycles. The van der Waals surface area contributed by atoms with E-state index in [0.29, 0.717) is 24.5 Å². The number of anilines is 2. The van der Waals surface area contributed by atoms with Crippen molar-refractivity contribution in [2.75, 3.05) is 36.5 Å². The van der Waals surface area contributed by atoms with Gasteiger partial charge in [-0.2, -0.15) is 4.72 Å². The lowest BCUT2D eigenvalue weighted by atomic mass is 10.0. The first-order valence-corrected chi connectivity index (χ1v) is 14.2. The van der Waals surface area contributed by atoms with Gasteiger partial charge < -0.3 is 19.9 Å². The van der Waals surface area contributed by atoms with Gasteiger partial charge >= 0.3 is 0 Å². The number of aromatic nitrogens is 1. The molecule has 9 heteroatoms. The van der Waals surface area contributed by atoms with Crippen molar-refractivity contribution in [2.45, 2.75) is 31.2 Å². The van der Waals surface area contributed by atoms with E-state index in [-0.39, 0.29) is 11.3 Å². The summed E-state index contributed by atoms with van der Waals surface area (Å²) in [6.45, 7) is 6.68. The number of nitrogens with zero attached hydrogens (tertiary/aromatic N) is 1. The summed E-state index contributed by atoms with van der Waals surface area (Å²) in [7, 11) is -3.96. The molecule has 1 saturated heterocycles. The molecule has 2 heterocycles. The molecule has 3 aromatic carbocycles. The number of hydrogen-bond acceptors (Lipinski definition) is 5. The van der Waals surface area contributed by atoms with Gasteiger partial charge in [0, 0.05) is 41.6 Å². The van der Waals surface area contributed by atoms with Gasteiger partial charge in [0.05, 0.1) is 18.1 Å². The fourth-order valence-corrected chi connectivity index (χ4v) is 6.29. The Morgan fingerprint density at radius 2 is 1.76 bits per heavy atom. The molecule has 0 spiro atoms. The van der Waals surface area contributed by atoms with Crippen LogP contribution in [0.15, 0.2) is 77.8 Å². The van der Waals surface area contributed by atoms with Crippen LogP contribution in [0.5, 0.6) is 0 Å². The molecule has 0 radical (unpaired) electrons. The van der Waals surface area contributed by atoms with Crippen molar-refractivity contribution in [2.24, 2.45) is 0 Å². The zero-order valence-electron chi connectivity index (χ0n) is 21.5. The van der Waals surface area contributed by atoms with E-state index in [0.717, 1.165) is 40.8 Å². The molecule has 5 rings (SSSR count). The van der Waals surface area contributed by atoms with Gasteiger partial charge in [-0.25, -0.2) is 8.42 Å². The lowest BCUT2D eigenvalue weighted by Gasteiger charge is -2.29. The average molecular weight is 533 g/mol. The second-order valence-electron chi connectivity index (χ2n) is 9.64. The second kappa shape index (κ2) is 11.0. The first-order chi connectivity index (χ1) is 18.3. The van der Waals surface area contributed by atoms with Gasteiger partial charge in [-0.15, -0.1) is 0 Å². The van der Waals surface area contributed by atoms with Gasteiger partial charge in [0.2, 0.25) is 15.9 Å². The van der Waals surface area contributed by atoms with Crippen LogP contribution in [-0.2, 0) is 26.0 Å². The highest BCUT2D eigenvalue weighted by Crippen LogP contribution is 2.23. The Balaban J connectivity index is 1.40. The zero-order chi connectivity index (χ0) is 26.7. The van der Waals surface area contributed by atoms with Gasteiger partial charge in [-0.05, 0) is 67.8 Å². The SMILES string of the molecule is Cc1ccc(S(=O)(=O)N[C@@H](Cc2c[nH]c3ccccc23)C(=O)Nc2ccc(N3CCOCC3)cc2)c(C)c1. The number of sulfonamides is 1. The Bertz CT molecular complexity index is 1540.